The summed E-state index contributed by atoms with van der Waals surface area (Å²) in [5.74, 6) is 0. The van der Waals surface area contributed by atoms with Crippen molar-refractivity contribution in [2.24, 2.45) is 5.73 Å². The van der Waals surface area contributed by atoms with E-state index >= 15 is 0 Å². The molecule has 0 spiro atoms. The molecule has 1 aromatic rings. The van der Waals surface area contributed by atoms with E-state index in [0.29, 0.717) is 6.04 Å². The topological polar surface area (TPSA) is 32.5 Å². The smallest absolute Gasteiger partial charge is 0.0481 e. The van der Waals surface area contributed by atoms with Crippen molar-refractivity contribution in [2.75, 3.05) is 33.7 Å². The molecule has 4 heteroatoms. The number of likely N-dealkylation sites (tertiary alicyclic amines) is 1. The van der Waals surface area contributed by atoms with Gasteiger partial charge in [0.15, 0.2) is 0 Å². The molecule has 108 valence electrons. The van der Waals surface area contributed by atoms with Gasteiger partial charge < -0.3 is 10.6 Å². The van der Waals surface area contributed by atoms with Gasteiger partial charge in [0.2, 0.25) is 0 Å². The largest absolute Gasteiger partial charge is 0.329 e. The second-order valence-corrected chi connectivity index (χ2v) is 7.31. The van der Waals surface area contributed by atoms with Crippen molar-refractivity contribution in [3.63, 3.8) is 0 Å². The Bertz CT molecular complexity index is 406. The molecule has 0 bridgehead atoms. The zero-order valence-corrected chi connectivity index (χ0v) is 13.5. The van der Waals surface area contributed by atoms with Crippen molar-refractivity contribution in [3.8, 4) is 0 Å². The van der Waals surface area contributed by atoms with Crippen molar-refractivity contribution in [1.29, 1.82) is 0 Å². The molecule has 1 unspecified atom stereocenters. The molecular formula is C15H27N3S. The number of thiophene rings is 1. The lowest BCUT2D eigenvalue weighted by molar-refractivity contribution is 0.111. The van der Waals surface area contributed by atoms with Crippen LogP contribution >= 0.6 is 11.3 Å². The molecule has 2 rings (SSSR count). The molecule has 1 aliphatic heterocycles. The molecule has 0 radical (unpaired) electrons. The van der Waals surface area contributed by atoms with E-state index in [-0.39, 0.29) is 0 Å². The second kappa shape index (κ2) is 6.35. The van der Waals surface area contributed by atoms with Crippen molar-refractivity contribution < 1.29 is 0 Å². The molecule has 1 atom stereocenters. The molecule has 1 aliphatic rings. The first-order valence-corrected chi connectivity index (χ1v) is 8.02. The average molecular weight is 281 g/mol. The summed E-state index contributed by atoms with van der Waals surface area (Å²) < 4.78 is 0. The van der Waals surface area contributed by atoms with Crippen LogP contribution in [0.4, 0.5) is 0 Å². The summed E-state index contributed by atoms with van der Waals surface area (Å²) in [6, 6.07) is 3.48. The van der Waals surface area contributed by atoms with E-state index in [4.69, 9.17) is 5.73 Å². The van der Waals surface area contributed by atoms with Crippen LogP contribution in [0.2, 0.25) is 0 Å². The fourth-order valence-corrected chi connectivity index (χ4v) is 4.15. The van der Waals surface area contributed by atoms with Crippen LogP contribution < -0.4 is 5.73 Å². The summed E-state index contributed by atoms with van der Waals surface area (Å²) in [5.41, 5.74) is 7.51. The highest BCUT2D eigenvalue weighted by molar-refractivity contribution is 7.12. The molecule has 1 aromatic heterocycles. The predicted octanol–water partition coefficient (Wildman–Crippen LogP) is 2.39. The molecule has 0 aliphatic carbocycles. The van der Waals surface area contributed by atoms with E-state index in [0.717, 1.165) is 12.6 Å². The lowest BCUT2D eigenvalue weighted by atomic mass is 9.99. The van der Waals surface area contributed by atoms with E-state index in [2.05, 4.69) is 43.8 Å². The van der Waals surface area contributed by atoms with Crippen LogP contribution in [0.15, 0.2) is 6.07 Å². The van der Waals surface area contributed by atoms with Crippen LogP contribution in [0.1, 0.15) is 34.2 Å². The summed E-state index contributed by atoms with van der Waals surface area (Å²) in [4.78, 5) is 7.76. The van der Waals surface area contributed by atoms with Gasteiger partial charge in [-0.25, -0.2) is 0 Å². The molecule has 3 nitrogen and oxygen atoms in total. The summed E-state index contributed by atoms with van der Waals surface area (Å²) in [6.07, 6.45) is 2.51. The van der Waals surface area contributed by atoms with Gasteiger partial charge in [0.1, 0.15) is 0 Å². The molecule has 19 heavy (non-hydrogen) atoms. The predicted molar refractivity (Wildman–Crippen MR) is 83.9 cm³/mol. The molecule has 1 fully saturated rings. The van der Waals surface area contributed by atoms with Gasteiger partial charge in [0, 0.05) is 41.5 Å². The summed E-state index contributed by atoms with van der Waals surface area (Å²) in [7, 11) is 4.38. The zero-order valence-electron chi connectivity index (χ0n) is 12.6. The number of hydrogen-bond donors (Lipinski definition) is 1. The monoisotopic (exact) mass is 281 g/mol. The number of nitrogens with zero attached hydrogens (tertiary/aromatic N) is 2. The van der Waals surface area contributed by atoms with E-state index in [1.165, 1.54) is 41.2 Å². The Balaban J connectivity index is 2.06. The Hall–Kier alpha value is -0.420. The molecule has 0 saturated carbocycles. The standard InChI is InChI=1S/C15H27N3S/c1-11-9-14(12(2)19-11)15(10-16)18-7-5-13(6-8-18)17(3)4/h9,13,15H,5-8,10,16H2,1-4H3. The van der Waals surface area contributed by atoms with Gasteiger partial charge in [-0.2, -0.15) is 0 Å². The SMILES string of the molecule is Cc1cc(C(CN)N2CCC(N(C)C)CC2)c(C)s1. The highest BCUT2D eigenvalue weighted by Gasteiger charge is 2.27. The fraction of sp³-hybridized carbons (Fsp3) is 0.733. The normalized spacial score (nSPS) is 20.1. The highest BCUT2D eigenvalue weighted by atomic mass is 32.1. The maximum Gasteiger partial charge on any atom is 0.0481 e. The minimum Gasteiger partial charge on any atom is -0.329 e. The third-order valence-electron chi connectivity index (χ3n) is 4.33. The zero-order chi connectivity index (χ0) is 14.0. The van der Waals surface area contributed by atoms with Gasteiger partial charge in [-0.15, -0.1) is 11.3 Å². The Morgan fingerprint density at radius 1 is 1.37 bits per heavy atom. The lowest BCUT2D eigenvalue weighted by Gasteiger charge is -2.39. The Morgan fingerprint density at radius 3 is 2.42 bits per heavy atom. The Labute approximate surface area is 121 Å². The lowest BCUT2D eigenvalue weighted by Crippen LogP contribution is -2.45. The highest BCUT2D eigenvalue weighted by Crippen LogP contribution is 2.31. The maximum absolute atomic E-state index is 6.06. The van der Waals surface area contributed by atoms with E-state index in [1.807, 2.05) is 11.3 Å². The first-order chi connectivity index (χ1) is 9.02. The second-order valence-electron chi connectivity index (χ2n) is 5.85. The van der Waals surface area contributed by atoms with Crippen LogP contribution in [0, 0.1) is 13.8 Å². The number of hydrogen-bond acceptors (Lipinski definition) is 4. The summed E-state index contributed by atoms with van der Waals surface area (Å²) in [6.45, 7) is 7.47. The molecular weight excluding hydrogens is 254 g/mol. The molecule has 2 N–H and O–H groups in total. The van der Waals surface area contributed by atoms with Crippen LogP contribution in [0.25, 0.3) is 0 Å². The van der Waals surface area contributed by atoms with Crippen molar-refractivity contribution >= 4 is 11.3 Å². The Kier molecular flexibility index (Phi) is 5.01. The minimum absolute atomic E-state index is 0.410. The van der Waals surface area contributed by atoms with Crippen molar-refractivity contribution in [3.05, 3.63) is 21.4 Å². The van der Waals surface area contributed by atoms with E-state index in [9.17, 15) is 0 Å². The number of nitrogens with two attached hydrogens (primary N) is 1. The first kappa shape index (κ1) is 15.0. The van der Waals surface area contributed by atoms with Crippen LogP contribution in [-0.4, -0.2) is 49.6 Å². The molecule has 1 saturated heterocycles. The van der Waals surface area contributed by atoms with Gasteiger partial charge in [-0.3, -0.25) is 4.90 Å². The van der Waals surface area contributed by atoms with Gasteiger partial charge in [-0.05, 0) is 52.4 Å². The third kappa shape index (κ3) is 3.37. The first-order valence-electron chi connectivity index (χ1n) is 7.20. The van der Waals surface area contributed by atoms with Crippen LogP contribution in [0.5, 0.6) is 0 Å². The van der Waals surface area contributed by atoms with Gasteiger partial charge >= 0.3 is 0 Å². The molecule has 0 amide bonds. The number of aryl methyl sites for hydroxylation is 2. The van der Waals surface area contributed by atoms with Crippen LogP contribution in [0.3, 0.4) is 0 Å². The maximum atomic E-state index is 6.06. The number of piperidine rings is 1. The fourth-order valence-electron chi connectivity index (χ4n) is 3.17. The van der Waals surface area contributed by atoms with Gasteiger partial charge in [-0.1, -0.05) is 0 Å². The minimum atomic E-state index is 0.410. The van der Waals surface area contributed by atoms with Gasteiger partial charge in [0.25, 0.3) is 0 Å². The third-order valence-corrected chi connectivity index (χ3v) is 5.31. The number of rotatable bonds is 4. The van der Waals surface area contributed by atoms with Crippen LogP contribution in [-0.2, 0) is 0 Å². The Morgan fingerprint density at radius 2 is 2.00 bits per heavy atom. The van der Waals surface area contributed by atoms with Gasteiger partial charge in [0.05, 0.1) is 0 Å². The van der Waals surface area contributed by atoms with E-state index in [1.54, 1.807) is 0 Å². The van der Waals surface area contributed by atoms with Crippen molar-refractivity contribution in [2.45, 2.75) is 38.8 Å². The summed E-state index contributed by atoms with van der Waals surface area (Å²) >= 11 is 1.89. The molecule has 0 aromatic carbocycles. The summed E-state index contributed by atoms with van der Waals surface area (Å²) in [5, 5.41) is 0. The van der Waals surface area contributed by atoms with Crippen molar-refractivity contribution in [1.82, 2.24) is 9.80 Å². The van der Waals surface area contributed by atoms with E-state index < -0.39 is 0 Å². The average Bonchev–Trinajstić information content (AvgIpc) is 2.70. The molecule has 2 heterocycles. The quantitative estimate of drug-likeness (QED) is 0.920.